The van der Waals surface area contributed by atoms with E-state index in [0.29, 0.717) is 25.5 Å². The van der Waals surface area contributed by atoms with Crippen molar-refractivity contribution in [1.82, 2.24) is 14.8 Å². The van der Waals surface area contributed by atoms with E-state index in [-0.39, 0.29) is 6.04 Å². The highest BCUT2D eigenvalue weighted by atomic mass is 16.4. The average molecular weight is 393 g/mol. The number of fused-ring (bicyclic) bond motifs is 1. The second kappa shape index (κ2) is 7.44. The van der Waals surface area contributed by atoms with Crippen LogP contribution < -0.4 is 4.90 Å². The third-order valence-electron chi connectivity index (χ3n) is 6.51. The van der Waals surface area contributed by atoms with Crippen LogP contribution in [-0.2, 0) is 5.60 Å². The molecule has 0 aliphatic carbocycles. The molecular weight excluding hydrogens is 364 g/mol. The molecule has 0 saturated carbocycles. The molecule has 6 nitrogen and oxygen atoms in total. The van der Waals surface area contributed by atoms with E-state index in [9.17, 15) is 5.11 Å². The van der Waals surface area contributed by atoms with Gasteiger partial charge in [0.05, 0.1) is 6.04 Å². The fourth-order valence-electron chi connectivity index (χ4n) is 4.71. The molecule has 2 aliphatic rings. The van der Waals surface area contributed by atoms with Crippen LogP contribution in [0.25, 0.3) is 11.1 Å². The number of rotatable bonds is 3. The van der Waals surface area contributed by atoms with Crippen molar-refractivity contribution in [3.63, 3.8) is 0 Å². The van der Waals surface area contributed by atoms with Crippen LogP contribution in [0.2, 0.25) is 0 Å². The summed E-state index contributed by atoms with van der Waals surface area (Å²) in [6.45, 7) is 5.36. The van der Waals surface area contributed by atoms with E-state index in [1.54, 1.807) is 0 Å². The zero-order chi connectivity index (χ0) is 19.8. The molecule has 0 spiro atoms. The summed E-state index contributed by atoms with van der Waals surface area (Å²) in [5.41, 5.74) is 1.81. The number of benzene rings is 2. The summed E-state index contributed by atoms with van der Waals surface area (Å²) >= 11 is 0. The summed E-state index contributed by atoms with van der Waals surface area (Å²) in [6.07, 6.45) is 0.646. The normalized spacial score (nSPS) is 26.8. The molecule has 1 N–H and O–H groups in total. The number of anilines is 1. The highest BCUT2D eigenvalue weighted by Gasteiger charge is 2.47. The molecule has 3 aromatic rings. The number of para-hydroxylation sites is 2. The van der Waals surface area contributed by atoms with Crippen LogP contribution in [0.15, 0.2) is 59.0 Å². The molecule has 0 radical (unpaired) electrons. The lowest BCUT2D eigenvalue weighted by Gasteiger charge is -2.50. The highest BCUT2D eigenvalue weighted by molar-refractivity contribution is 5.74. The second-order valence-corrected chi connectivity index (χ2v) is 8.31. The first kappa shape index (κ1) is 18.6. The Labute approximate surface area is 171 Å². The van der Waals surface area contributed by atoms with Crippen molar-refractivity contribution in [1.29, 1.82) is 0 Å². The van der Waals surface area contributed by atoms with Gasteiger partial charge in [0.15, 0.2) is 5.58 Å². The van der Waals surface area contributed by atoms with Crippen molar-refractivity contribution in [2.45, 2.75) is 18.1 Å². The van der Waals surface area contributed by atoms with Crippen LogP contribution >= 0.6 is 0 Å². The van der Waals surface area contributed by atoms with Crippen LogP contribution in [0.4, 0.5) is 6.01 Å². The van der Waals surface area contributed by atoms with Gasteiger partial charge in [-0.15, -0.1) is 0 Å². The fraction of sp³-hybridized carbons (Fsp3) is 0.435. The van der Waals surface area contributed by atoms with Gasteiger partial charge in [-0.1, -0.05) is 42.5 Å². The largest absolute Gasteiger partial charge is 0.423 e. The van der Waals surface area contributed by atoms with Gasteiger partial charge >= 0.3 is 0 Å². The number of oxazole rings is 1. The van der Waals surface area contributed by atoms with Gasteiger partial charge in [-0.3, -0.25) is 4.90 Å². The van der Waals surface area contributed by atoms with Gasteiger partial charge < -0.3 is 19.3 Å². The fourth-order valence-corrected chi connectivity index (χ4v) is 4.71. The molecule has 5 rings (SSSR count). The number of aromatic nitrogens is 1. The first-order valence-electron chi connectivity index (χ1n) is 10.4. The number of nitrogens with zero attached hydrogens (tertiary/aromatic N) is 4. The predicted octanol–water partition coefficient (Wildman–Crippen LogP) is 2.54. The minimum Gasteiger partial charge on any atom is -0.423 e. The number of likely N-dealkylation sites (N-methyl/N-ethyl adjacent to an activating group) is 1. The summed E-state index contributed by atoms with van der Waals surface area (Å²) in [6, 6.07) is 18.7. The van der Waals surface area contributed by atoms with Crippen LogP contribution in [0.1, 0.15) is 12.0 Å². The third kappa shape index (κ3) is 3.41. The Bertz CT molecular complexity index is 934. The average Bonchev–Trinajstić information content (AvgIpc) is 3.20. The lowest BCUT2D eigenvalue weighted by atomic mass is 9.79. The van der Waals surface area contributed by atoms with Crippen LogP contribution in [-0.4, -0.2) is 72.2 Å². The third-order valence-corrected chi connectivity index (χ3v) is 6.51. The maximum absolute atomic E-state index is 11.9. The molecule has 2 saturated heterocycles. The molecule has 2 atom stereocenters. The Kier molecular flexibility index (Phi) is 4.78. The van der Waals surface area contributed by atoms with E-state index < -0.39 is 5.60 Å². The topological polar surface area (TPSA) is 56.0 Å². The maximum atomic E-state index is 11.9. The zero-order valence-corrected chi connectivity index (χ0v) is 16.9. The highest BCUT2D eigenvalue weighted by Crippen LogP contribution is 2.38. The Hall–Kier alpha value is -2.41. The van der Waals surface area contributed by atoms with E-state index in [4.69, 9.17) is 9.40 Å². The van der Waals surface area contributed by atoms with E-state index in [2.05, 4.69) is 33.9 Å². The molecular formula is C23H28N4O2. The van der Waals surface area contributed by atoms with Gasteiger partial charge in [-0.25, -0.2) is 0 Å². The molecule has 152 valence electrons. The molecule has 0 bridgehead atoms. The number of piperazine rings is 1. The minimum absolute atomic E-state index is 0.0117. The summed E-state index contributed by atoms with van der Waals surface area (Å²) in [4.78, 5) is 11.7. The summed E-state index contributed by atoms with van der Waals surface area (Å²) < 4.78 is 6.04. The molecule has 3 heterocycles. The molecule has 0 amide bonds. The van der Waals surface area contributed by atoms with Gasteiger partial charge in [0.1, 0.15) is 11.1 Å². The van der Waals surface area contributed by atoms with E-state index in [1.807, 2.05) is 42.5 Å². The minimum atomic E-state index is -0.875. The molecule has 0 unspecified atom stereocenters. The number of hydrogen-bond acceptors (Lipinski definition) is 6. The lowest BCUT2D eigenvalue weighted by molar-refractivity contribution is -0.0761. The van der Waals surface area contributed by atoms with E-state index >= 15 is 0 Å². The van der Waals surface area contributed by atoms with E-state index in [0.717, 1.165) is 42.8 Å². The molecule has 2 aromatic carbocycles. The van der Waals surface area contributed by atoms with Crippen molar-refractivity contribution in [3.05, 3.63) is 60.2 Å². The van der Waals surface area contributed by atoms with Gasteiger partial charge in [0, 0.05) is 39.3 Å². The summed E-state index contributed by atoms with van der Waals surface area (Å²) in [7, 11) is 2.16. The maximum Gasteiger partial charge on any atom is 0.298 e. The quantitative estimate of drug-likeness (QED) is 0.739. The summed E-state index contributed by atoms with van der Waals surface area (Å²) in [5, 5.41) is 11.9. The van der Waals surface area contributed by atoms with Crippen LogP contribution in [0.3, 0.4) is 0 Å². The number of piperidine rings is 1. The number of hydrogen-bond donors (Lipinski definition) is 1. The van der Waals surface area contributed by atoms with Crippen LogP contribution in [0, 0.1) is 0 Å². The zero-order valence-electron chi connectivity index (χ0n) is 16.9. The summed E-state index contributed by atoms with van der Waals surface area (Å²) in [5.74, 6) is 0. The van der Waals surface area contributed by atoms with Crippen molar-refractivity contribution < 1.29 is 9.52 Å². The molecule has 29 heavy (non-hydrogen) atoms. The van der Waals surface area contributed by atoms with Crippen molar-refractivity contribution >= 4 is 17.1 Å². The predicted molar refractivity (Wildman–Crippen MR) is 114 cm³/mol. The smallest absolute Gasteiger partial charge is 0.298 e. The van der Waals surface area contributed by atoms with Gasteiger partial charge in [0.25, 0.3) is 6.01 Å². The second-order valence-electron chi connectivity index (χ2n) is 8.31. The first-order valence-corrected chi connectivity index (χ1v) is 10.4. The Morgan fingerprint density at radius 3 is 2.45 bits per heavy atom. The first-order chi connectivity index (χ1) is 14.1. The Balaban J connectivity index is 1.47. The van der Waals surface area contributed by atoms with Gasteiger partial charge in [0.2, 0.25) is 0 Å². The van der Waals surface area contributed by atoms with Crippen LogP contribution in [0.5, 0.6) is 0 Å². The monoisotopic (exact) mass is 392 g/mol. The van der Waals surface area contributed by atoms with Crippen molar-refractivity contribution in [2.24, 2.45) is 0 Å². The van der Waals surface area contributed by atoms with Gasteiger partial charge in [-0.05, 0) is 31.2 Å². The Morgan fingerprint density at radius 2 is 1.69 bits per heavy atom. The Morgan fingerprint density at radius 1 is 0.966 bits per heavy atom. The van der Waals surface area contributed by atoms with E-state index in [1.165, 1.54) is 0 Å². The molecule has 1 aromatic heterocycles. The standard InChI is InChI=1S/C23H28N4O2/c1-25-13-15-26(16-14-25)21-17-27(22-24-19-9-5-6-10-20(19)29-22)12-11-23(21,28)18-7-3-2-4-8-18/h2-10,21,28H,11-17H2,1H3/t21-,23+/m1/s1. The van der Waals surface area contributed by atoms with Gasteiger partial charge in [-0.2, -0.15) is 4.98 Å². The molecule has 6 heteroatoms. The SMILES string of the molecule is CN1CCN([C@@H]2CN(c3nc4ccccc4o3)CC[C@]2(O)c2ccccc2)CC1. The lowest BCUT2D eigenvalue weighted by Crippen LogP contribution is -2.63. The number of aliphatic hydroxyl groups is 1. The van der Waals surface area contributed by atoms with Crippen molar-refractivity contribution in [3.8, 4) is 0 Å². The molecule has 2 aliphatic heterocycles. The molecule has 2 fully saturated rings. The van der Waals surface area contributed by atoms with Crippen molar-refractivity contribution in [2.75, 3.05) is 51.2 Å².